The van der Waals surface area contributed by atoms with Crippen LogP contribution in [0.15, 0.2) is 60.7 Å². The topological polar surface area (TPSA) is 98.1 Å². The van der Waals surface area contributed by atoms with Crippen LogP contribution < -0.4 is 0 Å². The summed E-state index contributed by atoms with van der Waals surface area (Å²) in [4.78, 5) is 36.1. The predicted molar refractivity (Wildman–Crippen MR) is 125 cm³/mol. The number of nitrogens with zero attached hydrogens (tertiary/aromatic N) is 2. The van der Waals surface area contributed by atoms with E-state index >= 15 is 0 Å². The normalized spacial score (nSPS) is 16.3. The first kappa shape index (κ1) is 25.1. The SMILES string of the molecule is O=C(O)C=CC(=O)O.O=C1c2ccccc2CN1CC1CCN(CCc2cccc(F)c2)CC1. The lowest BCUT2D eigenvalue weighted by Gasteiger charge is -2.33. The van der Waals surface area contributed by atoms with E-state index in [0.29, 0.717) is 18.1 Å². The van der Waals surface area contributed by atoms with Gasteiger partial charge >= 0.3 is 11.9 Å². The summed E-state index contributed by atoms with van der Waals surface area (Å²) in [6, 6.07) is 14.8. The second kappa shape index (κ2) is 12.1. The average Bonchev–Trinajstić information content (AvgIpc) is 3.13. The van der Waals surface area contributed by atoms with Crippen molar-refractivity contribution >= 4 is 17.8 Å². The quantitative estimate of drug-likeness (QED) is 0.604. The minimum Gasteiger partial charge on any atom is -0.478 e. The van der Waals surface area contributed by atoms with E-state index in [2.05, 4.69) is 11.0 Å². The molecular formula is C26H29FN2O5. The molecule has 0 aromatic heterocycles. The summed E-state index contributed by atoms with van der Waals surface area (Å²) in [5, 5.41) is 15.6. The van der Waals surface area contributed by atoms with Gasteiger partial charge in [0.1, 0.15) is 5.82 Å². The van der Waals surface area contributed by atoms with Crippen molar-refractivity contribution < 1.29 is 29.0 Å². The van der Waals surface area contributed by atoms with Crippen molar-refractivity contribution in [2.75, 3.05) is 26.2 Å². The van der Waals surface area contributed by atoms with Crippen molar-refractivity contribution in [1.29, 1.82) is 0 Å². The third-order valence-electron chi connectivity index (χ3n) is 6.06. The van der Waals surface area contributed by atoms with Gasteiger partial charge in [0, 0.05) is 37.3 Å². The van der Waals surface area contributed by atoms with Gasteiger partial charge in [-0.1, -0.05) is 30.3 Å². The van der Waals surface area contributed by atoms with Crippen LogP contribution >= 0.6 is 0 Å². The highest BCUT2D eigenvalue weighted by Gasteiger charge is 2.29. The molecule has 1 amide bonds. The number of carbonyl (C=O) groups excluding carboxylic acids is 1. The Morgan fingerprint density at radius 1 is 1.00 bits per heavy atom. The molecular weight excluding hydrogens is 439 g/mol. The summed E-state index contributed by atoms with van der Waals surface area (Å²) in [7, 11) is 0. The maximum Gasteiger partial charge on any atom is 0.328 e. The van der Waals surface area contributed by atoms with Gasteiger partial charge in [-0.05, 0) is 67.6 Å². The van der Waals surface area contributed by atoms with Crippen molar-refractivity contribution in [3.05, 3.63) is 83.2 Å². The van der Waals surface area contributed by atoms with Crippen molar-refractivity contribution in [3.8, 4) is 0 Å². The van der Waals surface area contributed by atoms with E-state index in [1.165, 1.54) is 6.07 Å². The Hall–Kier alpha value is -3.52. The van der Waals surface area contributed by atoms with Gasteiger partial charge in [0.25, 0.3) is 5.91 Å². The van der Waals surface area contributed by atoms with Crippen LogP contribution in [0.1, 0.15) is 34.3 Å². The molecule has 2 aliphatic heterocycles. The van der Waals surface area contributed by atoms with Crippen molar-refractivity contribution in [1.82, 2.24) is 9.80 Å². The largest absolute Gasteiger partial charge is 0.478 e. The molecule has 1 saturated heterocycles. The van der Waals surface area contributed by atoms with Crippen LogP contribution in [0.2, 0.25) is 0 Å². The molecule has 2 N–H and O–H groups in total. The molecule has 7 nitrogen and oxygen atoms in total. The summed E-state index contributed by atoms with van der Waals surface area (Å²) in [6.07, 6.45) is 4.26. The fraction of sp³-hybridized carbons (Fsp3) is 0.346. The number of aliphatic carboxylic acids is 2. The zero-order chi connectivity index (χ0) is 24.5. The Bertz CT molecular complexity index is 1030. The lowest BCUT2D eigenvalue weighted by atomic mass is 9.96. The summed E-state index contributed by atoms with van der Waals surface area (Å²) in [5.74, 6) is -1.90. The highest BCUT2D eigenvalue weighted by Crippen LogP contribution is 2.26. The standard InChI is InChI=1S/C22H25FN2O.C4H4O4/c23-20-6-3-4-17(14-20)8-11-24-12-9-18(10-13-24)15-25-16-19-5-1-2-7-21(19)22(25)26;5-3(6)1-2-4(7)8/h1-7,14,18H,8-13,15-16H2;1-2H,(H,5,6)(H,7,8). The zero-order valence-corrected chi connectivity index (χ0v) is 18.9. The number of piperidine rings is 1. The Morgan fingerprint density at radius 3 is 2.29 bits per heavy atom. The van der Waals surface area contributed by atoms with Crippen LogP contribution in [0.5, 0.6) is 0 Å². The van der Waals surface area contributed by atoms with Crippen molar-refractivity contribution in [3.63, 3.8) is 0 Å². The Labute approximate surface area is 198 Å². The number of likely N-dealkylation sites (tertiary alicyclic amines) is 1. The predicted octanol–water partition coefficient (Wildman–Crippen LogP) is 3.45. The van der Waals surface area contributed by atoms with Crippen LogP contribution in [0, 0.1) is 11.7 Å². The summed E-state index contributed by atoms with van der Waals surface area (Å²) >= 11 is 0. The van der Waals surface area contributed by atoms with Gasteiger partial charge in [0.05, 0.1) is 0 Å². The summed E-state index contributed by atoms with van der Waals surface area (Å²) < 4.78 is 13.3. The van der Waals surface area contributed by atoms with Crippen LogP contribution in [0.3, 0.4) is 0 Å². The second-order valence-corrected chi connectivity index (χ2v) is 8.52. The van der Waals surface area contributed by atoms with E-state index < -0.39 is 11.9 Å². The highest BCUT2D eigenvalue weighted by atomic mass is 19.1. The molecule has 2 aliphatic rings. The molecule has 4 rings (SSSR count). The number of carboxylic acids is 2. The lowest BCUT2D eigenvalue weighted by molar-refractivity contribution is -0.134. The van der Waals surface area contributed by atoms with Gasteiger partial charge in [-0.25, -0.2) is 14.0 Å². The van der Waals surface area contributed by atoms with E-state index in [1.54, 1.807) is 12.1 Å². The Balaban J connectivity index is 0.000000350. The van der Waals surface area contributed by atoms with Gasteiger partial charge in [0.2, 0.25) is 0 Å². The molecule has 0 spiro atoms. The number of hydrogen-bond acceptors (Lipinski definition) is 4. The van der Waals surface area contributed by atoms with Crippen molar-refractivity contribution in [2.45, 2.75) is 25.8 Å². The summed E-state index contributed by atoms with van der Waals surface area (Å²) in [5.41, 5.74) is 3.10. The van der Waals surface area contributed by atoms with Gasteiger partial charge in [0.15, 0.2) is 0 Å². The zero-order valence-electron chi connectivity index (χ0n) is 18.9. The van der Waals surface area contributed by atoms with Crippen molar-refractivity contribution in [2.24, 2.45) is 5.92 Å². The minimum absolute atomic E-state index is 0.155. The maximum absolute atomic E-state index is 13.3. The van der Waals surface area contributed by atoms with Gasteiger partial charge in [-0.3, -0.25) is 4.79 Å². The molecule has 0 unspecified atom stereocenters. The number of hydrogen-bond donors (Lipinski definition) is 2. The molecule has 8 heteroatoms. The molecule has 0 radical (unpaired) electrons. The Kier molecular flexibility index (Phi) is 8.93. The van der Waals surface area contributed by atoms with Crippen LogP contribution in [-0.2, 0) is 22.6 Å². The first-order chi connectivity index (χ1) is 16.3. The van der Waals surface area contributed by atoms with E-state index in [9.17, 15) is 18.8 Å². The molecule has 0 aliphatic carbocycles. The number of benzene rings is 2. The second-order valence-electron chi connectivity index (χ2n) is 8.52. The number of halogens is 1. The molecule has 34 heavy (non-hydrogen) atoms. The third-order valence-corrected chi connectivity index (χ3v) is 6.06. The first-order valence-electron chi connectivity index (χ1n) is 11.3. The number of fused-ring (bicyclic) bond motifs is 1. The third kappa shape index (κ3) is 7.52. The minimum atomic E-state index is -1.26. The fourth-order valence-electron chi connectivity index (χ4n) is 4.29. The van der Waals surface area contributed by atoms with Gasteiger partial charge in [-0.2, -0.15) is 0 Å². The number of amides is 1. The van der Waals surface area contributed by atoms with E-state index in [4.69, 9.17) is 10.2 Å². The van der Waals surface area contributed by atoms with Gasteiger partial charge < -0.3 is 20.0 Å². The molecule has 2 heterocycles. The van der Waals surface area contributed by atoms with E-state index in [0.717, 1.165) is 68.7 Å². The van der Waals surface area contributed by atoms with E-state index in [1.807, 2.05) is 29.2 Å². The molecule has 0 saturated carbocycles. The Morgan fingerprint density at radius 2 is 1.68 bits per heavy atom. The lowest BCUT2D eigenvalue weighted by Crippen LogP contribution is -2.39. The first-order valence-corrected chi connectivity index (χ1v) is 11.3. The summed E-state index contributed by atoms with van der Waals surface area (Å²) in [6.45, 7) is 4.73. The molecule has 2 aromatic rings. The van der Waals surface area contributed by atoms with Crippen LogP contribution in [0.4, 0.5) is 4.39 Å². The number of rotatable bonds is 7. The van der Waals surface area contributed by atoms with Crippen LogP contribution in [-0.4, -0.2) is 64.0 Å². The molecule has 1 fully saturated rings. The molecule has 180 valence electrons. The monoisotopic (exact) mass is 468 g/mol. The van der Waals surface area contributed by atoms with Gasteiger partial charge in [-0.15, -0.1) is 0 Å². The molecule has 2 aromatic carbocycles. The molecule has 0 atom stereocenters. The fourth-order valence-corrected chi connectivity index (χ4v) is 4.29. The average molecular weight is 469 g/mol. The molecule has 0 bridgehead atoms. The highest BCUT2D eigenvalue weighted by molar-refractivity contribution is 5.98. The maximum atomic E-state index is 13.3. The van der Waals surface area contributed by atoms with E-state index in [-0.39, 0.29) is 11.7 Å². The van der Waals surface area contributed by atoms with Crippen LogP contribution in [0.25, 0.3) is 0 Å². The number of carboxylic acid groups (broad SMARTS) is 2. The smallest absolute Gasteiger partial charge is 0.328 e. The number of carbonyl (C=O) groups is 3.